The lowest BCUT2D eigenvalue weighted by atomic mass is 9.95. The highest BCUT2D eigenvalue weighted by Crippen LogP contribution is 2.19. The van der Waals surface area contributed by atoms with E-state index in [1.165, 1.54) is 0 Å². The van der Waals surface area contributed by atoms with Gasteiger partial charge in [-0.2, -0.15) is 23.5 Å². The second kappa shape index (κ2) is 10.7. The van der Waals surface area contributed by atoms with Crippen LogP contribution in [0.5, 0.6) is 0 Å². The zero-order valence-corrected chi connectivity index (χ0v) is 14.2. The van der Waals surface area contributed by atoms with Crippen LogP contribution in [0.2, 0.25) is 0 Å². The highest BCUT2D eigenvalue weighted by atomic mass is 32.2. The summed E-state index contributed by atoms with van der Waals surface area (Å²) in [5, 5.41) is 22.9. The molecule has 7 heteroatoms. The summed E-state index contributed by atoms with van der Waals surface area (Å²) >= 11 is 3.25. The quantitative estimate of drug-likeness (QED) is 0.402. The van der Waals surface area contributed by atoms with Gasteiger partial charge in [-0.25, -0.2) is 0 Å². The second-order valence-corrected chi connectivity index (χ2v) is 6.85. The fourth-order valence-electron chi connectivity index (χ4n) is 2.02. The van der Waals surface area contributed by atoms with Gasteiger partial charge < -0.3 is 15.9 Å². The van der Waals surface area contributed by atoms with Crippen molar-refractivity contribution in [2.24, 2.45) is 5.73 Å². The lowest BCUT2D eigenvalue weighted by Crippen LogP contribution is -2.62. The van der Waals surface area contributed by atoms with Crippen molar-refractivity contribution in [2.75, 3.05) is 24.0 Å². The van der Waals surface area contributed by atoms with E-state index in [1.807, 2.05) is 19.4 Å². The average Bonchev–Trinajstić information content (AvgIpc) is 2.40. The monoisotopic (exact) mass is 324 g/mol. The van der Waals surface area contributed by atoms with Crippen molar-refractivity contribution in [2.45, 2.75) is 50.4 Å². The minimum atomic E-state index is -1.31. The normalized spacial score (nSPS) is 17.4. The Bertz CT molecular complexity index is 282. The fourth-order valence-corrected chi connectivity index (χ4v) is 2.99. The molecule has 20 heavy (non-hydrogen) atoms. The maximum Gasteiger partial charge on any atom is 0.320 e. The maximum atomic E-state index is 11.3. The summed E-state index contributed by atoms with van der Waals surface area (Å²) in [6, 6.07) is -1.23. The van der Waals surface area contributed by atoms with Crippen molar-refractivity contribution >= 4 is 29.5 Å². The van der Waals surface area contributed by atoms with E-state index >= 15 is 0 Å². The lowest BCUT2D eigenvalue weighted by Gasteiger charge is -2.37. The van der Waals surface area contributed by atoms with Gasteiger partial charge in [0.05, 0.1) is 0 Å². The van der Waals surface area contributed by atoms with Crippen LogP contribution in [0.3, 0.4) is 0 Å². The summed E-state index contributed by atoms with van der Waals surface area (Å²) in [5.74, 6) is 0.634. The number of thioether (sulfide) groups is 2. The van der Waals surface area contributed by atoms with Crippen LogP contribution >= 0.6 is 23.5 Å². The Labute approximate surface area is 130 Å². The van der Waals surface area contributed by atoms with Gasteiger partial charge in [-0.05, 0) is 43.3 Å². The van der Waals surface area contributed by atoms with Gasteiger partial charge in [0, 0.05) is 6.04 Å². The third-order valence-corrected chi connectivity index (χ3v) is 4.50. The Morgan fingerprint density at radius 2 is 1.85 bits per heavy atom. The number of aliphatic carboxylic acids is 1. The zero-order chi connectivity index (χ0) is 15.6. The van der Waals surface area contributed by atoms with Gasteiger partial charge in [-0.1, -0.05) is 13.3 Å². The molecule has 0 radical (unpaired) electrons. The molecule has 0 amide bonds. The van der Waals surface area contributed by atoms with Crippen LogP contribution in [0.1, 0.15) is 32.6 Å². The Morgan fingerprint density at radius 1 is 1.30 bits per heavy atom. The molecule has 0 saturated carbocycles. The highest BCUT2D eigenvalue weighted by Gasteiger charge is 2.36. The highest BCUT2D eigenvalue weighted by molar-refractivity contribution is 7.98. The molecule has 0 heterocycles. The second-order valence-electron chi connectivity index (χ2n) is 4.88. The van der Waals surface area contributed by atoms with Gasteiger partial charge in [-0.15, -0.1) is 0 Å². The summed E-state index contributed by atoms with van der Waals surface area (Å²) in [7, 11) is 0. The van der Waals surface area contributed by atoms with Crippen molar-refractivity contribution in [3.8, 4) is 0 Å². The van der Waals surface area contributed by atoms with E-state index in [4.69, 9.17) is 5.73 Å². The molecule has 0 aliphatic heterocycles. The lowest BCUT2D eigenvalue weighted by molar-refractivity contribution is -0.143. The molecule has 0 aromatic heterocycles. The van der Waals surface area contributed by atoms with Crippen LogP contribution in [0.4, 0.5) is 0 Å². The summed E-state index contributed by atoms with van der Waals surface area (Å²) < 4.78 is 0. The molecule has 0 aliphatic carbocycles. The Kier molecular flexibility index (Phi) is 10.8. The fraction of sp³-hybridized carbons (Fsp3) is 0.923. The summed E-state index contributed by atoms with van der Waals surface area (Å²) in [5.41, 5.74) is 4.76. The predicted octanol–water partition coefficient (Wildman–Crippen LogP) is 1.35. The van der Waals surface area contributed by atoms with Crippen LogP contribution in [-0.2, 0) is 4.79 Å². The van der Waals surface area contributed by atoms with Crippen molar-refractivity contribution in [1.82, 2.24) is 5.32 Å². The smallest absolute Gasteiger partial charge is 0.320 e. The Hall–Kier alpha value is 0.0500. The van der Waals surface area contributed by atoms with Gasteiger partial charge in [-0.3, -0.25) is 10.1 Å². The van der Waals surface area contributed by atoms with Crippen molar-refractivity contribution in [3.63, 3.8) is 0 Å². The third-order valence-electron chi connectivity index (χ3n) is 3.21. The van der Waals surface area contributed by atoms with Gasteiger partial charge in [0.1, 0.15) is 11.8 Å². The van der Waals surface area contributed by atoms with Crippen LogP contribution in [0, 0.1) is 0 Å². The largest absolute Gasteiger partial charge is 0.480 e. The molecule has 0 saturated heterocycles. The number of nitrogens with two attached hydrogens (primary N) is 1. The zero-order valence-electron chi connectivity index (χ0n) is 12.6. The molecule has 5 N–H and O–H groups in total. The molecule has 0 fully saturated rings. The van der Waals surface area contributed by atoms with Crippen molar-refractivity contribution in [3.05, 3.63) is 0 Å². The molecule has 120 valence electrons. The molecular weight excluding hydrogens is 296 g/mol. The van der Waals surface area contributed by atoms with E-state index in [1.54, 1.807) is 23.5 Å². The summed E-state index contributed by atoms with van der Waals surface area (Å²) in [6.45, 7) is 1.95. The number of hydrogen-bond donors (Lipinski definition) is 4. The number of carboxylic acids is 1. The van der Waals surface area contributed by atoms with Crippen LogP contribution < -0.4 is 11.1 Å². The maximum absolute atomic E-state index is 11.3. The van der Waals surface area contributed by atoms with Gasteiger partial charge in [0.25, 0.3) is 0 Å². The van der Waals surface area contributed by atoms with Crippen molar-refractivity contribution in [1.29, 1.82) is 0 Å². The van der Waals surface area contributed by atoms with E-state index in [0.717, 1.165) is 17.9 Å². The SMILES string of the molecule is CCCC(O)(NC(CCSC)C(=O)O)C(N)CCSC. The third kappa shape index (κ3) is 7.17. The van der Waals surface area contributed by atoms with E-state index in [-0.39, 0.29) is 0 Å². The van der Waals surface area contributed by atoms with Gasteiger partial charge in [0.15, 0.2) is 0 Å². The first-order valence-corrected chi connectivity index (χ1v) is 9.66. The van der Waals surface area contributed by atoms with E-state index in [2.05, 4.69) is 5.32 Å². The predicted molar refractivity (Wildman–Crippen MR) is 88.4 cm³/mol. The molecular formula is C13H28N2O3S2. The van der Waals surface area contributed by atoms with E-state index < -0.39 is 23.8 Å². The Morgan fingerprint density at radius 3 is 2.30 bits per heavy atom. The molecule has 0 aliphatic rings. The van der Waals surface area contributed by atoms with E-state index in [9.17, 15) is 15.0 Å². The summed E-state index contributed by atoms with van der Waals surface area (Å²) in [6.07, 6.45) is 6.23. The molecule has 0 aromatic rings. The molecule has 5 nitrogen and oxygen atoms in total. The van der Waals surface area contributed by atoms with Crippen LogP contribution in [0.25, 0.3) is 0 Å². The van der Waals surface area contributed by atoms with E-state index in [0.29, 0.717) is 19.3 Å². The number of rotatable bonds is 12. The first kappa shape index (κ1) is 20.1. The van der Waals surface area contributed by atoms with Crippen LogP contribution in [-0.4, -0.2) is 58.0 Å². The topological polar surface area (TPSA) is 95.6 Å². The number of nitrogens with one attached hydrogen (secondary N) is 1. The first-order valence-electron chi connectivity index (χ1n) is 6.87. The molecule has 3 atom stereocenters. The van der Waals surface area contributed by atoms with Crippen LogP contribution in [0.15, 0.2) is 0 Å². The minimum absolute atomic E-state index is 0.450. The first-order chi connectivity index (χ1) is 9.41. The molecule has 3 unspecified atom stereocenters. The molecule has 0 spiro atoms. The number of carbonyl (C=O) groups is 1. The van der Waals surface area contributed by atoms with Gasteiger partial charge in [0.2, 0.25) is 0 Å². The Balaban J connectivity index is 4.79. The number of carboxylic acid groups (broad SMARTS) is 1. The standard InChI is InChI=1S/C13H28N2O3S2/c1-4-7-13(18,11(14)6-9-20-3)15-10(12(16)17)5-8-19-2/h10-11,15,18H,4-9,14H2,1-3H3,(H,16,17). The average molecular weight is 325 g/mol. The molecule has 0 aromatic carbocycles. The number of aliphatic hydroxyl groups is 1. The minimum Gasteiger partial charge on any atom is -0.480 e. The van der Waals surface area contributed by atoms with Gasteiger partial charge >= 0.3 is 5.97 Å². The number of hydrogen-bond acceptors (Lipinski definition) is 6. The summed E-state index contributed by atoms with van der Waals surface area (Å²) in [4.78, 5) is 11.3. The van der Waals surface area contributed by atoms with Crippen molar-refractivity contribution < 1.29 is 15.0 Å². The molecule has 0 rings (SSSR count). The molecule has 0 bridgehead atoms.